The Morgan fingerprint density at radius 2 is 2.07 bits per heavy atom. The van der Waals surface area contributed by atoms with E-state index >= 15 is 0 Å². The van der Waals surface area contributed by atoms with E-state index in [4.69, 9.17) is 4.74 Å². The molecule has 2 N–H and O–H groups in total. The van der Waals surface area contributed by atoms with Crippen molar-refractivity contribution < 1.29 is 9.53 Å². The van der Waals surface area contributed by atoms with Crippen molar-refractivity contribution in [3.05, 3.63) is 46.6 Å². The van der Waals surface area contributed by atoms with Crippen LogP contribution in [0.15, 0.2) is 29.9 Å². The first-order chi connectivity index (χ1) is 14.1. The number of rotatable bonds is 6. The number of hydrogen-bond acceptors (Lipinski definition) is 7. The Balaban J connectivity index is 1.47. The van der Waals surface area contributed by atoms with Gasteiger partial charge in [0.05, 0.1) is 29.0 Å². The van der Waals surface area contributed by atoms with Crippen LogP contribution >= 0.6 is 11.3 Å². The summed E-state index contributed by atoms with van der Waals surface area (Å²) in [5.41, 5.74) is 4.22. The van der Waals surface area contributed by atoms with Gasteiger partial charge in [-0.1, -0.05) is 12.1 Å². The lowest BCUT2D eigenvalue weighted by atomic mass is 10.1. The van der Waals surface area contributed by atoms with Gasteiger partial charge >= 0.3 is 0 Å². The van der Waals surface area contributed by atoms with Gasteiger partial charge in [0.2, 0.25) is 0 Å². The Morgan fingerprint density at radius 1 is 1.24 bits per heavy atom. The van der Waals surface area contributed by atoms with Gasteiger partial charge in [-0.3, -0.25) is 9.69 Å². The Bertz CT molecular complexity index is 1010. The zero-order chi connectivity index (χ0) is 20.2. The average molecular weight is 412 g/mol. The number of nitrogens with one attached hydrogen (secondary N) is 2. The molecule has 1 aliphatic rings. The number of morpholine rings is 1. The second-order valence-corrected chi connectivity index (χ2v) is 8.08. The summed E-state index contributed by atoms with van der Waals surface area (Å²) in [7, 11) is 0. The Kier molecular flexibility index (Phi) is 6.03. The standard InChI is InChI=1S/C21H25N5O2S/c1-14-3-4-15(2)17(11-14)25-21(27)16-12-29-19-18(16)23-13-24-20(19)22-5-6-26-7-9-28-10-8-26/h3-4,11-13H,5-10H2,1-2H3,(H,25,27)(H,22,23,24). The van der Waals surface area contributed by atoms with Gasteiger partial charge in [-0.05, 0) is 31.0 Å². The van der Waals surface area contributed by atoms with Gasteiger partial charge in [-0.15, -0.1) is 11.3 Å². The molecule has 0 spiro atoms. The van der Waals surface area contributed by atoms with Gasteiger partial charge < -0.3 is 15.4 Å². The number of fused-ring (bicyclic) bond motifs is 1. The third kappa shape index (κ3) is 4.55. The van der Waals surface area contributed by atoms with Crippen molar-refractivity contribution in [2.75, 3.05) is 50.0 Å². The summed E-state index contributed by atoms with van der Waals surface area (Å²) >= 11 is 1.49. The van der Waals surface area contributed by atoms with Crippen molar-refractivity contribution in [2.45, 2.75) is 13.8 Å². The molecule has 152 valence electrons. The number of ether oxygens (including phenoxy) is 1. The van der Waals surface area contributed by atoms with E-state index < -0.39 is 0 Å². The molecule has 0 unspecified atom stereocenters. The molecule has 0 aliphatic carbocycles. The van der Waals surface area contributed by atoms with Crippen LogP contribution in [0.1, 0.15) is 21.5 Å². The van der Waals surface area contributed by atoms with Gasteiger partial charge in [0, 0.05) is 37.2 Å². The van der Waals surface area contributed by atoms with E-state index in [9.17, 15) is 4.79 Å². The van der Waals surface area contributed by atoms with Crippen LogP contribution in [0.5, 0.6) is 0 Å². The highest BCUT2D eigenvalue weighted by atomic mass is 32.1. The minimum absolute atomic E-state index is 0.150. The minimum atomic E-state index is -0.150. The summed E-state index contributed by atoms with van der Waals surface area (Å²) in [4.78, 5) is 24.0. The van der Waals surface area contributed by atoms with Crippen molar-refractivity contribution in [1.82, 2.24) is 14.9 Å². The summed E-state index contributed by atoms with van der Waals surface area (Å²) in [5.74, 6) is 0.627. The number of benzene rings is 1. The second-order valence-electron chi connectivity index (χ2n) is 7.20. The van der Waals surface area contributed by atoms with Crippen molar-refractivity contribution in [3.8, 4) is 0 Å². The molecule has 0 saturated carbocycles. The van der Waals surface area contributed by atoms with E-state index in [2.05, 4.69) is 25.5 Å². The predicted molar refractivity (Wildman–Crippen MR) is 117 cm³/mol. The van der Waals surface area contributed by atoms with Crippen LogP contribution in [0.25, 0.3) is 10.2 Å². The molecule has 1 aliphatic heterocycles. The van der Waals surface area contributed by atoms with Gasteiger partial charge in [0.25, 0.3) is 5.91 Å². The van der Waals surface area contributed by atoms with E-state index in [0.717, 1.165) is 66.7 Å². The smallest absolute Gasteiger partial charge is 0.258 e. The van der Waals surface area contributed by atoms with Crippen LogP contribution in [-0.2, 0) is 4.74 Å². The number of aryl methyl sites for hydroxylation is 2. The predicted octanol–water partition coefficient (Wildman–Crippen LogP) is 3.30. The number of thiophene rings is 1. The molecular formula is C21H25N5O2S. The molecule has 1 fully saturated rings. The highest BCUT2D eigenvalue weighted by Gasteiger charge is 2.17. The van der Waals surface area contributed by atoms with Crippen LogP contribution in [0, 0.1) is 13.8 Å². The molecule has 29 heavy (non-hydrogen) atoms. The van der Waals surface area contributed by atoms with E-state index in [0.29, 0.717) is 11.1 Å². The average Bonchev–Trinajstić information content (AvgIpc) is 3.17. The summed E-state index contributed by atoms with van der Waals surface area (Å²) in [5, 5.41) is 8.27. The van der Waals surface area contributed by atoms with Gasteiger partial charge in [-0.2, -0.15) is 0 Å². The molecule has 4 rings (SSSR count). The normalized spacial score (nSPS) is 14.8. The molecule has 7 nitrogen and oxygen atoms in total. The highest BCUT2D eigenvalue weighted by molar-refractivity contribution is 7.18. The van der Waals surface area contributed by atoms with Gasteiger partial charge in [0.15, 0.2) is 0 Å². The number of carbonyl (C=O) groups is 1. The summed E-state index contributed by atoms with van der Waals surface area (Å²) < 4.78 is 6.29. The van der Waals surface area contributed by atoms with Crippen molar-refractivity contribution in [2.24, 2.45) is 0 Å². The fourth-order valence-electron chi connectivity index (χ4n) is 3.36. The molecular weight excluding hydrogens is 386 g/mol. The Hall–Kier alpha value is -2.55. The lowest BCUT2D eigenvalue weighted by Crippen LogP contribution is -2.39. The van der Waals surface area contributed by atoms with Crippen molar-refractivity contribution in [3.63, 3.8) is 0 Å². The third-order valence-corrected chi connectivity index (χ3v) is 6.04. The lowest BCUT2D eigenvalue weighted by molar-refractivity contribution is 0.0398. The number of nitrogens with zero attached hydrogens (tertiary/aromatic N) is 3. The Labute approximate surface area is 174 Å². The molecule has 0 bridgehead atoms. The van der Waals surface area contributed by atoms with Crippen molar-refractivity contribution >= 4 is 39.0 Å². The highest BCUT2D eigenvalue weighted by Crippen LogP contribution is 2.30. The summed E-state index contributed by atoms with van der Waals surface area (Å²) in [6.45, 7) is 9.22. The third-order valence-electron chi connectivity index (χ3n) is 5.06. The second kappa shape index (κ2) is 8.86. The van der Waals surface area contributed by atoms with Crippen LogP contribution in [-0.4, -0.2) is 60.2 Å². The maximum atomic E-state index is 12.9. The first kappa shape index (κ1) is 19.8. The molecule has 1 amide bonds. The molecule has 0 atom stereocenters. The Morgan fingerprint density at radius 3 is 2.90 bits per heavy atom. The number of amides is 1. The fourth-order valence-corrected chi connectivity index (χ4v) is 4.32. The monoisotopic (exact) mass is 411 g/mol. The largest absolute Gasteiger partial charge is 0.379 e. The molecule has 1 aromatic carbocycles. The van der Waals surface area contributed by atoms with E-state index in [1.807, 2.05) is 37.4 Å². The lowest BCUT2D eigenvalue weighted by Gasteiger charge is -2.26. The topological polar surface area (TPSA) is 79.4 Å². The van der Waals surface area contributed by atoms with Gasteiger partial charge in [0.1, 0.15) is 12.1 Å². The van der Waals surface area contributed by atoms with E-state index in [-0.39, 0.29) is 5.91 Å². The zero-order valence-corrected chi connectivity index (χ0v) is 17.5. The maximum Gasteiger partial charge on any atom is 0.258 e. The number of anilines is 2. The van der Waals surface area contributed by atoms with Gasteiger partial charge in [-0.25, -0.2) is 9.97 Å². The van der Waals surface area contributed by atoms with Crippen LogP contribution in [0.2, 0.25) is 0 Å². The van der Waals surface area contributed by atoms with Crippen LogP contribution in [0.3, 0.4) is 0 Å². The first-order valence-corrected chi connectivity index (χ1v) is 10.6. The molecule has 3 aromatic rings. The van der Waals surface area contributed by atoms with Crippen molar-refractivity contribution in [1.29, 1.82) is 0 Å². The van der Waals surface area contributed by atoms with E-state index in [1.165, 1.54) is 17.7 Å². The minimum Gasteiger partial charge on any atom is -0.379 e. The number of hydrogen-bond donors (Lipinski definition) is 2. The molecule has 0 radical (unpaired) electrons. The number of carbonyl (C=O) groups excluding carboxylic acids is 1. The summed E-state index contributed by atoms with van der Waals surface area (Å²) in [6, 6.07) is 6.03. The van der Waals surface area contributed by atoms with Crippen LogP contribution < -0.4 is 10.6 Å². The van der Waals surface area contributed by atoms with Crippen LogP contribution in [0.4, 0.5) is 11.5 Å². The molecule has 1 saturated heterocycles. The SMILES string of the molecule is Cc1ccc(C)c(NC(=O)c2csc3c(NCCN4CCOCC4)ncnc23)c1. The van der Waals surface area contributed by atoms with E-state index in [1.54, 1.807) is 0 Å². The quantitative estimate of drug-likeness (QED) is 0.648. The zero-order valence-electron chi connectivity index (χ0n) is 16.7. The molecule has 3 heterocycles. The maximum absolute atomic E-state index is 12.9. The molecule has 2 aromatic heterocycles. The fraction of sp³-hybridized carbons (Fsp3) is 0.381. The molecule has 8 heteroatoms. The summed E-state index contributed by atoms with van der Waals surface area (Å²) in [6.07, 6.45) is 1.51. The first-order valence-electron chi connectivity index (χ1n) is 9.76. The number of aromatic nitrogens is 2.